The normalized spacial score (nSPS) is 13.2. The highest BCUT2D eigenvalue weighted by molar-refractivity contribution is 8.00. The number of carbonyl (C=O) groups excluding carboxylic acids is 2. The van der Waals surface area contributed by atoms with E-state index in [4.69, 9.17) is 13.9 Å². The zero-order chi connectivity index (χ0) is 20.4. The van der Waals surface area contributed by atoms with Gasteiger partial charge >= 0.3 is 0 Å². The number of amides is 1. The fourth-order valence-corrected chi connectivity index (χ4v) is 3.32. The van der Waals surface area contributed by atoms with Crippen molar-refractivity contribution < 1.29 is 23.5 Å². The van der Waals surface area contributed by atoms with Crippen LogP contribution >= 0.6 is 11.8 Å². The molecule has 1 aromatic heterocycles. The number of aromatic nitrogens is 2. The summed E-state index contributed by atoms with van der Waals surface area (Å²) in [7, 11) is 0. The minimum absolute atomic E-state index is 0.0264. The van der Waals surface area contributed by atoms with Crippen LogP contribution in [0.4, 0.5) is 5.69 Å². The van der Waals surface area contributed by atoms with E-state index in [-0.39, 0.29) is 23.7 Å². The van der Waals surface area contributed by atoms with E-state index in [1.165, 1.54) is 6.92 Å². The molecule has 1 amide bonds. The first kappa shape index (κ1) is 19.0. The van der Waals surface area contributed by atoms with Crippen LogP contribution in [0.2, 0.25) is 0 Å². The van der Waals surface area contributed by atoms with E-state index < -0.39 is 5.25 Å². The molecule has 8 nitrogen and oxygen atoms in total. The van der Waals surface area contributed by atoms with Gasteiger partial charge in [-0.15, -0.1) is 10.2 Å². The van der Waals surface area contributed by atoms with Gasteiger partial charge in [0, 0.05) is 16.8 Å². The summed E-state index contributed by atoms with van der Waals surface area (Å²) in [6.07, 6.45) is 0. The van der Waals surface area contributed by atoms with Crippen LogP contribution in [0.5, 0.6) is 11.5 Å². The number of benzene rings is 2. The summed E-state index contributed by atoms with van der Waals surface area (Å²) in [5, 5.41) is 10.7. The van der Waals surface area contributed by atoms with Crippen LogP contribution in [0.3, 0.4) is 0 Å². The van der Waals surface area contributed by atoms with Crippen LogP contribution < -0.4 is 14.8 Å². The predicted molar refractivity (Wildman–Crippen MR) is 106 cm³/mol. The number of thioether (sulfide) groups is 1. The van der Waals surface area contributed by atoms with Crippen molar-refractivity contribution in [1.82, 2.24) is 10.2 Å². The van der Waals surface area contributed by atoms with Crippen LogP contribution in [0, 0.1) is 0 Å². The monoisotopic (exact) mass is 411 g/mol. The van der Waals surface area contributed by atoms with Gasteiger partial charge in [0.1, 0.15) is 0 Å². The Kier molecular flexibility index (Phi) is 5.22. The van der Waals surface area contributed by atoms with E-state index in [9.17, 15) is 9.59 Å². The van der Waals surface area contributed by atoms with E-state index in [1.54, 1.807) is 49.4 Å². The van der Waals surface area contributed by atoms with E-state index in [2.05, 4.69) is 15.5 Å². The van der Waals surface area contributed by atoms with E-state index in [1.807, 2.05) is 0 Å². The molecule has 1 atom stereocenters. The third-order valence-corrected chi connectivity index (χ3v) is 5.17. The Bertz CT molecular complexity index is 1060. The Morgan fingerprint density at radius 2 is 1.83 bits per heavy atom. The maximum atomic E-state index is 12.4. The largest absolute Gasteiger partial charge is 0.454 e. The molecule has 4 rings (SSSR count). The summed E-state index contributed by atoms with van der Waals surface area (Å²) in [4.78, 5) is 23.7. The number of hydrogen-bond acceptors (Lipinski definition) is 8. The number of carbonyl (C=O) groups is 2. The third kappa shape index (κ3) is 4.24. The van der Waals surface area contributed by atoms with Crippen molar-refractivity contribution in [2.75, 3.05) is 12.1 Å². The number of anilines is 1. The van der Waals surface area contributed by atoms with Crippen molar-refractivity contribution in [1.29, 1.82) is 0 Å². The molecule has 2 aromatic carbocycles. The van der Waals surface area contributed by atoms with Gasteiger partial charge in [-0.25, -0.2) is 0 Å². The lowest BCUT2D eigenvalue weighted by molar-refractivity contribution is -0.115. The number of hydrogen-bond donors (Lipinski definition) is 1. The second-order valence-corrected chi connectivity index (χ2v) is 7.62. The van der Waals surface area contributed by atoms with Crippen LogP contribution in [-0.2, 0) is 4.79 Å². The Labute approximate surface area is 170 Å². The first-order valence-electron chi connectivity index (χ1n) is 8.81. The molecule has 1 N–H and O–H groups in total. The molecular weight excluding hydrogens is 394 g/mol. The molecule has 9 heteroatoms. The number of Topliss-reactive ketones (excluding diaryl/α,β-unsaturated/α-hetero) is 1. The molecule has 1 aliphatic rings. The molecule has 0 spiro atoms. The molecule has 0 fully saturated rings. The van der Waals surface area contributed by atoms with Gasteiger partial charge in [-0.3, -0.25) is 9.59 Å². The molecule has 29 heavy (non-hydrogen) atoms. The zero-order valence-electron chi connectivity index (χ0n) is 15.7. The van der Waals surface area contributed by atoms with Gasteiger partial charge in [-0.2, -0.15) is 0 Å². The van der Waals surface area contributed by atoms with Crippen LogP contribution in [0.1, 0.15) is 24.2 Å². The fourth-order valence-electron chi connectivity index (χ4n) is 2.64. The fraction of sp³-hybridized carbons (Fsp3) is 0.200. The maximum Gasteiger partial charge on any atom is 0.277 e. The van der Waals surface area contributed by atoms with Crippen molar-refractivity contribution in [2.24, 2.45) is 0 Å². The van der Waals surface area contributed by atoms with Gasteiger partial charge < -0.3 is 19.2 Å². The van der Waals surface area contributed by atoms with Gasteiger partial charge in [-0.1, -0.05) is 11.8 Å². The number of ketones is 1. The summed E-state index contributed by atoms with van der Waals surface area (Å²) < 4.78 is 16.3. The molecule has 0 unspecified atom stereocenters. The topological polar surface area (TPSA) is 104 Å². The van der Waals surface area contributed by atoms with Crippen molar-refractivity contribution in [3.63, 3.8) is 0 Å². The Hall–Kier alpha value is -3.33. The number of fused-ring (bicyclic) bond motifs is 1. The van der Waals surface area contributed by atoms with Gasteiger partial charge in [-0.05, 0) is 56.3 Å². The molecule has 0 saturated heterocycles. The van der Waals surface area contributed by atoms with E-state index >= 15 is 0 Å². The number of ether oxygens (including phenoxy) is 2. The minimum atomic E-state index is -0.465. The predicted octanol–water partition coefficient (Wildman–Crippen LogP) is 3.79. The number of nitrogens with one attached hydrogen (secondary N) is 1. The van der Waals surface area contributed by atoms with Gasteiger partial charge in [0.15, 0.2) is 17.3 Å². The maximum absolute atomic E-state index is 12.4. The van der Waals surface area contributed by atoms with Crippen LogP contribution in [0.15, 0.2) is 52.1 Å². The highest BCUT2D eigenvalue weighted by Crippen LogP contribution is 2.36. The molecule has 0 radical (unpaired) electrons. The molecule has 0 aliphatic carbocycles. The highest BCUT2D eigenvalue weighted by atomic mass is 32.2. The van der Waals surface area contributed by atoms with E-state index in [0.29, 0.717) is 34.2 Å². The Morgan fingerprint density at radius 3 is 2.59 bits per heavy atom. The summed E-state index contributed by atoms with van der Waals surface area (Å²) in [5.41, 5.74) is 1.91. The van der Waals surface area contributed by atoms with Crippen molar-refractivity contribution >= 4 is 29.1 Å². The summed E-state index contributed by atoms with van der Waals surface area (Å²) >= 11 is 1.16. The van der Waals surface area contributed by atoms with Gasteiger partial charge in [0.25, 0.3) is 5.22 Å². The standard InChI is InChI=1S/C20H17N3O5S/c1-11(24)13-3-6-15(7-4-13)21-18(25)12(2)29-20-23-22-19(28-20)14-5-8-16-17(9-14)27-10-26-16/h3-9,12H,10H2,1-2H3,(H,21,25)/t12-/m0/s1. The lowest BCUT2D eigenvalue weighted by Crippen LogP contribution is -2.22. The first-order valence-corrected chi connectivity index (χ1v) is 9.69. The lowest BCUT2D eigenvalue weighted by atomic mass is 10.1. The van der Waals surface area contributed by atoms with Crippen molar-refractivity contribution in [3.8, 4) is 23.0 Å². The summed E-state index contributed by atoms with van der Waals surface area (Å²) in [5.74, 6) is 1.39. The molecule has 1 aliphatic heterocycles. The first-order chi connectivity index (χ1) is 14.0. The minimum Gasteiger partial charge on any atom is -0.454 e. The zero-order valence-corrected chi connectivity index (χ0v) is 16.5. The van der Waals surface area contributed by atoms with Gasteiger partial charge in [0.2, 0.25) is 18.6 Å². The Balaban J connectivity index is 1.39. The quantitative estimate of drug-likeness (QED) is 0.483. The average Bonchev–Trinajstić information content (AvgIpc) is 3.37. The second-order valence-electron chi connectivity index (χ2n) is 6.32. The lowest BCUT2D eigenvalue weighted by Gasteiger charge is -2.10. The highest BCUT2D eigenvalue weighted by Gasteiger charge is 2.20. The molecule has 0 bridgehead atoms. The van der Waals surface area contributed by atoms with Crippen LogP contribution in [0.25, 0.3) is 11.5 Å². The molecule has 3 aromatic rings. The Morgan fingerprint density at radius 1 is 1.07 bits per heavy atom. The van der Waals surface area contributed by atoms with Crippen LogP contribution in [-0.4, -0.2) is 33.9 Å². The van der Waals surface area contributed by atoms with Crippen molar-refractivity contribution in [2.45, 2.75) is 24.3 Å². The van der Waals surface area contributed by atoms with Crippen molar-refractivity contribution in [3.05, 3.63) is 48.0 Å². The SMILES string of the molecule is CC(=O)c1ccc(NC(=O)[C@H](C)Sc2nnc(-c3ccc4c(c3)OCO4)o2)cc1. The second kappa shape index (κ2) is 7.96. The molecule has 2 heterocycles. The summed E-state index contributed by atoms with van der Waals surface area (Å²) in [6, 6.07) is 12.1. The average molecular weight is 411 g/mol. The molecule has 148 valence electrons. The smallest absolute Gasteiger partial charge is 0.277 e. The third-order valence-electron chi connectivity index (χ3n) is 4.23. The number of nitrogens with zero attached hydrogens (tertiary/aromatic N) is 2. The number of rotatable bonds is 6. The molecular formula is C20H17N3O5S. The summed E-state index contributed by atoms with van der Waals surface area (Å²) in [6.45, 7) is 3.43. The van der Waals surface area contributed by atoms with Gasteiger partial charge in [0.05, 0.1) is 5.25 Å². The van der Waals surface area contributed by atoms with E-state index in [0.717, 1.165) is 11.8 Å². The molecule has 0 saturated carbocycles.